The Morgan fingerprint density at radius 2 is 2.16 bits per heavy atom. The molecule has 0 atom stereocenters. The molecule has 0 aliphatic heterocycles. The molecule has 1 aromatic carbocycles. The SMILES string of the molecule is Cc1ccccc1CCNCc1cc(C(=O)O)co1. The Bertz CT molecular complexity index is 560. The van der Waals surface area contributed by atoms with Gasteiger partial charge in [0.25, 0.3) is 0 Å². The number of furan rings is 1. The van der Waals surface area contributed by atoms with E-state index < -0.39 is 5.97 Å². The van der Waals surface area contributed by atoms with Crippen LogP contribution in [0.25, 0.3) is 0 Å². The van der Waals surface area contributed by atoms with Gasteiger partial charge in [-0.2, -0.15) is 0 Å². The van der Waals surface area contributed by atoms with Crippen LogP contribution in [0.15, 0.2) is 41.0 Å². The maximum atomic E-state index is 10.7. The van der Waals surface area contributed by atoms with Gasteiger partial charge in [-0.15, -0.1) is 0 Å². The first kappa shape index (κ1) is 13.4. The van der Waals surface area contributed by atoms with Gasteiger partial charge < -0.3 is 14.8 Å². The lowest BCUT2D eigenvalue weighted by Gasteiger charge is -2.06. The van der Waals surface area contributed by atoms with Gasteiger partial charge in [-0.1, -0.05) is 24.3 Å². The molecule has 100 valence electrons. The first-order valence-corrected chi connectivity index (χ1v) is 6.23. The first-order valence-electron chi connectivity index (χ1n) is 6.23. The number of hydrogen-bond acceptors (Lipinski definition) is 3. The third kappa shape index (κ3) is 3.69. The minimum absolute atomic E-state index is 0.190. The standard InChI is InChI=1S/C15H17NO3/c1-11-4-2-3-5-12(11)6-7-16-9-14-8-13(10-19-14)15(17)18/h2-5,8,10,16H,6-7,9H2,1H3,(H,17,18). The Morgan fingerprint density at radius 1 is 1.37 bits per heavy atom. The van der Waals surface area contributed by atoms with Crippen molar-refractivity contribution in [2.45, 2.75) is 19.9 Å². The lowest BCUT2D eigenvalue weighted by Crippen LogP contribution is -2.16. The van der Waals surface area contributed by atoms with Gasteiger partial charge in [0.2, 0.25) is 0 Å². The summed E-state index contributed by atoms with van der Waals surface area (Å²) in [5, 5.41) is 12.0. The van der Waals surface area contributed by atoms with E-state index in [9.17, 15) is 4.79 Å². The zero-order valence-electron chi connectivity index (χ0n) is 10.8. The summed E-state index contributed by atoms with van der Waals surface area (Å²) in [4.78, 5) is 10.7. The molecular weight excluding hydrogens is 242 g/mol. The Kier molecular flexibility index (Phi) is 4.36. The average molecular weight is 259 g/mol. The topological polar surface area (TPSA) is 62.5 Å². The quantitative estimate of drug-likeness (QED) is 0.783. The summed E-state index contributed by atoms with van der Waals surface area (Å²) in [6.07, 6.45) is 2.21. The Hall–Kier alpha value is -2.07. The minimum Gasteiger partial charge on any atom is -0.478 e. The molecule has 0 spiro atoms. The predicted octanol–water partition coefficient (Wildman–Crippen LogP) is 2.62. The highest BCUT2D eigenvalue weighted by Crippen LogP contribution is 2.09. The monoisotopic (exact) mass is 259 g/mol. The summed E-state index contributed by atoms with van der Waals surface area (Å²) in [6.45, 7) is 3.47. The molecule has 19 heavy (non-hydrogen) atoms. The van der Waals surface area contributed by atoms with Crippen LogP contribution in [0.4, 0.5) is 0 Å². The molecule has 2 rings (SSSR count). The number of carbonyl (C=O) groups is 1. The van der Waals surface area contributed by atoms with Crippen LogP contribution in [-0.4, -0.2) is 17.6 Å². The van der Waals surface area contributed by atoms with Crippen LogP contribution in [0, 0.1) is 6.92 Å². The zero-order valence-corrected chi connectivity index (χ0v) is 10.8. The van der Waals surface area contributed by atoms with Crippen LogP contribution < -0.4 is 5.32 Å². The van der Waals surface area contributed by atoms with E-state index in [2.05, 4.69) is 24.4 Å². The molecule has 2 aromatic rings. The second-order valence-electron chi connectivity index (χ2n) is 4.46. The molecule has 0 aliphatic carbocycles. The second-order valence-corrected chi connectivity index (χ2v) is 4.46. The van der Waals surface area contributed by atoms with Gasteiger partial charge in [-0.05, 0) is 37.1 Å². The number of nitrogens with one attached hydrogen (secondary N) is 1. The molecule has 0 unspecified atom stereocenters. The highest BCUT2D eigenvalue weighted by molar-refractivity contribution is 5.87. The van der Waals surface area contributed by atoms with Crippen molar-refractivity contribution in [3.8, 4) is 0 Å². The van der Waals surface area contributed by atoms with E-state index in [0.29, 0.717) is 12.3 Å². The van der Waals surface area contributed by atoms with E-state index >= 15 is 0 Å². The van der Waals surface area contributed by atoms with Crippen LogP contribution >= 0.6 is 0 Å². The fourth-order valence-electron chi connectivity index (χ4n) is 1.91. The number of rotatable bonds is 6. The number of aryl methyl sites for hydroxylation is 1. The van der Waals surface area contributed by atoms with E-state index in [1.165, 1.54) is 17.4 Å². The van der Waals surface area contributed by atoms with Crippen LogP contribution in [-0.2, 0) is 13.0 Å². The Labute approximate surface area is 112 Å². The summed E-state index contributed by atoms with van der Waals surface area (Å²) in [5.41, 5.74) is 2.80. The fraction of sp³-hybridized carbons (Fsp3) is 0.267. The van der Waals surface area contributed by atoms with E-state index in [0.717, 1.165) is 13.0 Å². The van der Waals surface area contributed by atoms with Crippen molar-refractivity contribution in [2.75, 3.05) is 6.54 Å². The van der Waals surface area contributed by atoms with Gasteiger partial charge in [-0.3, -0.25) is 0 Å². The largest absolute Gasteiger partial charge is 0.478 e. The molecule has 4 nitrogen and oxygen atoms in total. The molecular formula is C15H17NO3. The van der Waals surface area contributed by atoms with Crippen molar-refractivity contribution in [1.82, 2.24) is 5.32 Å². The minimum atomic E-state index is -0.963. The van der Waals surface area contributed by atoms with Gasteiger partial charge in [0.15, 0.2) is 0 Å². The third-order valence-corrected chi connectivity index (χ3v) is 3.03. The lowest BCUT2D eigenvalue weighted by atomic mass is 10.1. The molecule has 4 heteroatoms. The smallest absolute Gasteiger partial charge is 0.338 e. The van der Waals surface area contributed by atoms with Crippen molar-refractivity contribution < 1.29 is 14.3 Å². The van der Waals surface area contributed by atoms with E-state index in [-0.39, 0.29) is 5.56 Å². The number of carboxylic acids is 1. The fourth-order valence-corrected chi connectivity index (χ4v) is 1.91. The van der Waals surface area contributed by atoms with Crippen LogP contribution in [0.5, 0.6) is 0 Å². The Morgan fingerprint density at radius 3 is 2.84 bits per heavy atom. The molecule has 0 saturated heterocycles. The Balaban J connectivity index is 1.77. The first-order chi connectivity index (χ1) is 9.16. The average Bonchev–Trinajstić information content (AvgIpc) is 2.85. The van der Waals surface area contributed by atoms with Crippen molar-refractivity contribution in [2.24, 2.45) is 0 Å². The maximum Gasteiger partial charge on any atom is 0.338 e. The maximum absolute atomic E-state index is 10.7. The van der Waals surface area contributed by atoms with Gasteiger partial charge in [0.1, 0.15) is 12.0 Å². The molecule has 0 bridgehead atoms. The molecule has 1 aromatic heterocycles. The predicted molar refractivity (Wildman–Crippen MR) is 72.3 cm³/mol. The second kappa shape index (κ2) is 6.20. The third-order valence-electron chi connectivity index (χ3n) is 3.03. The molecule has 0 aliphatic rings. The molecule has 0 radical (unpaired) electrons. The number of benzene rings is 1. The molecule has 1 heterocycles. The summed E-state index contributed by atoms with van der Waals surface area (Å²) in [5.74, 6) is -0.322. The highest BCUT2D eigenvalue weighted by atomic mass is 16.4. The van der Waals surface area contributed by atoms with Crippen molar-refractivity contribution in [1.29, 1.82) is 0 Å². The van der Waals surface area contributed by atoms with Crippen LogP contribution in [0.1, 0.15) is 27.2 Å². The van der Waals surface area contributed by atoms with E-state index in [4.69, 9.17) is 9.52 Å². The lowest BCUT2D eigenvalue weighted by molar-refractivity contribution is 0.0696. The molecule has 0 fully saturated rings. The van der Waals surface area contributed by atoms with Gasteiger partial charge in [0, 0.05) is 0 Å². The van der Waals surface area contributed by atoms with E-state index in [1.54, 1.807) is 6.07 Å². The van der Waals surface area contributed by atoms with Gasteiger partial charge in [0.05, 0.1) is 12.1 Å². The molecule has 2 N–H and O–H groups in total. The van der Waals surface area contributed by atoms with Gasteiger partial charge >= 0.3 is 5.97 Å². The van der Waals surface area contributed by atoms with Crippen molar-refractivity contribution in [3.05, 3.63) is 59.0 Å². The summed E-state index contributed by atoms with van der Waals surface area (Å²) in [7, 11) is 0. The highest BCUT2D eigenvalue weighted by Gasteiger charge is 2.07. The molecule has 0 amide bonds. The van der Waals surface area contributed by atoms with Crippen LogP contribution in [0.2, 0.25) is 0 Å². The van der Waals surface area contributed by atoms with E-state index in [1.807, 2.05) is 12.1 Å². The number of aromatic carboxylic acids is 1. The van der Waals surface area contributed by atoms with Crippen LogP contribution in [0.3, 0.4) is 0 Å². The van der Waals surface area contributed by atoms with Crippen molar-refractivity contribution in [3.63, 3.8) is 0 Å². The number of carboxylic acid groups (broad SMARTS) is 1. The normalized spacial score (nSPS) is 10.6. The molecule has 0 saturated carbocycles. The summed E-state index contributed by atoms with van der Waals surface area (Å²) < 4.78 is 5.16. The van der Waals surface area contributed by atoms with Gasteiger partial charge in [-0.25, -0.2) is 4.79 Å². The van der Waals surface area contributed by atoms with Crippen molar-refractivity contribution >= 4 is 5.97 Å². The summed E-state index contributed by atoms with van der Waals surface area (Å²) >= 11 is 0. The zero-order chi connectivity index (χ0) is 13.7. The summed E-state index contributed by atoms with van der Waals surface area (Å²) in [6, 6.07) is 9.83. The number of hydrogen-bond donors (Lipinski definition) is 2.